The van der Waals surface area contributed by atoms with Gasteiger partial charge in [-0.2, -0.15) is 0 Å². The van der Waals surface area contributed by atoms with E-state index in [0.717, 1.165) is 83.5 Å². The second-order valence-electron chi connectivity index (χ2n) is 17.0. The van der Waals surface area contributed by atoms with Crippen LogP contribution in [0.1, 0.15) is 252 Å². The first-order valence-corrected chi connectivity index (χ1v) is 25.8. The van der Waals surface area contributed by atoms with Crippen LogP contribution in [-0.4, -0.2) is 37.2 Å². The minimum absolute atomic E-state index is 0.0999. The molecule has 0 spiro atoms. The first-order chi connectivity index (χ1) is 30.0. The lowest BCUT2D eigenvalue weighted by Gasteiger charge is -2.18. The Balaban J connectivity index is 4.41. The largest absolute Gasteiger partial charge is 0.462 e. The van der Waals surface area contributed by atoms with Crippen LogP contribution in [-0.2, 0) is 28.6 Å². The van der Waals surface area contributed by atoms with Crippen LogP contribution >= 0.6 is 0 Å². The van der Waals surface area contributed by atoms with Gasteiger partial charge in [0.05, 0.1) is 0 Å². The minimum Gasteiger partial charge on any atom is -0.462 e. The van der Waals surface area contributed by atoms with Crippen LogP contribution in [0, 0.1) is 0 Å². The number of hydrogen-bond donors (Lipinski definition) is 0. The molecule has 6 heteroatoms. The summed E-state index contributed by atoms with van der Waals surface area (Å²) in [5.41, 5.74) is 0. The van der Waals surface area contributed by atoms with Gasteiger partial charge in [0, 0.05) is 19.3 Å². The summed E-state index contributed by atoms with van der Waals surface area (Å²) in [7, 11) is 0. The van der Waals surface area contributed by atoms with Gasteiger partial charge in [-0.25, -0.2) is 0 Å². The van der Waals surface area contributed by atoms with Crippen molar-refractivity contribution in [2.24, 2.45) is 0 Å². The maximum Gasteiger partial charge on any atom is 0.306 e. The molecular formula is C55H96O6. The van der Waals surface area contributed by atoms with E-state index in [1.807, 2.05) is 0 Å². The second-order valence-corrected chi connectivity index (χ2v) is 17.0. The van der Waals surface area contributed by atoms with Gasteiger partial charge in [-0.15, -0.1) is 0 Å². The van der Waals surface area contributed by atoms with Crippen LogP contribution in [0.15, 0.2) is 60.8 Å². The third kappa shape index (κ3) is 48.0. The van der Waals surface area contributed by atoms with Crippen molar-refractivity contribution in [3.05, 3.63) is 60.8 Å². The first-order valence-electron chi connectivity index (χ1n) is 25.8. The highest BCUT2D eigenvalue weighted by Gasteiger charge is 2.19. The number of esters is 3. The number of allylic oxidation sites excluding steroid dienone is 10. The van der Waals surface area contributed by atoms with Crippen molar-refractivity contribution >= 4 is 17.9 Å². The smallest absolute Gasteiger partial charge is 0.306 e. The number of unbranched alkanes of at least 4 members (excludes halogenated alkanes) is 25. The zero-order chi connectivity index (χ0) is 44.4. The number of ether oxygens (including phenoxy) is 3. The summed E-state index contributed by atoms with van der Waals surface area (Å²) in [6.07, 6.45) is 60.8. The predicted molar refractivity (Wildman–Crippen MR) is 261 cm³/mol. The molecule has 0 saturated carbocycles. The zero-order valence-corrected chi connectivity index (χ0v) is 40.2. The molecule has 352 valence electrons. The first kappa shape index (κ1) is 58.1. The summed E-state index contributed by atoms with van der Waals surface area (Å²) < 4.78 is 16.7. The Bertz CT molecular complexity index is 1120. The second kappa shape index (κ2) is 49.8. The van der Waals surface area contributed by atoms with Crippen molar-refractivity contribution in [2.45, 2.75) is 258 Å². The van der Waals surface area contributed by atoms with E-state index in [9.17, 15) is 14.4 Å². The summed E-state index contributed by atoms with van der Waals surface area (Å²) in [4.78, 5) is 37.9. The average Bonchev–Trinajstić information content (AvgIpc) is 3.26. The summed E-state index contributed by atoms with van der Waals surface area (Å²) in [5.74, 6) is -0.978. The van der Waals surface area contributed by atoms with Gasteiger partial charge in [0.15, 0.2) is 6.10 Å². The van der Waals surface area contributed by atoms with E-state index in [1.54, 1.807) is 0 Å². The van der Waals surface area contributed by atoms with Gasteiger partial charge in [0.1, 0.15) is 13.2 Å². The third-order valence-corrected chi connectivity index (χ3v) is 11.0. The number of carbonyl (C=O) groups is 3. The van der Waals surface area contributed by atoms with Crippen molar-refractivity contribution in [2.75, 3.05) is 13.2 Å². The fourth-order valence-electron chi connectivity index (χ4n) is 7.10. The maximum atomic E-state index is 12.8. The fraction of sp³-hybridized carbons (Fsp3) is 0.764. The van der Waals surface area contributed by atoms with E-state index < -0.39 is 6.10 Å². The molecule has 0 aliphatic rings. The van der Waals surface area contributed by atoms with E-state index in [4.69, 9.17) is 14.2 Å². The Hall–Kier alpha value is -2.89. The molecule has 0 N–H and O–H groups in total. The van der Waals surface area contributed by atoms with Crippen molar-refractivity contribution in [1.29, 1.82) is 0 Å². The number of rotatable bonds is 46. The maximum absolute atomic E-state index is 12.8. The van der Waals surface area contributed by atoms with Crippen LogP contribution in [0.3, 0.4) is 0 Å². The highest BCUT2D eigenvalue weighted by atomic mass is 16.6. The van der Waals surface area contributed by atoms with Gasteiger partial charge >= 0.3 is 17.9 Å². The molecule has 6 nitrogen and oxygen atoms in total. The third-order valence-electron chi connectivity index (χ3n) is 11.0. The summed E-state index contributed by atoms with van der Waals surface area (Å²) in [6.45, 7) is 6.45. The average molecular weight is 853 g/mol. The zero-order valence-electron chi connectivity index (χ0n) is 40.2. The molecule has 0 fully saturated rings. The Morgan fingerprint density at radius 3 is 1.10 bits per heavy atom. The molecule has 0 saturated heterocycles. The van der Waals surface area contributed by atoms with Crippen LogP contribution in [0.25, 0.3) is 0 Å². The Morgan fingerprint density at radius 1 is 0.344 bits per heavy atom. The Morgan fingerprint density at radius 2 is 0.656 bits per heavy atom. The van der Waals surface area contributed by atoms with E-state index in [-0.39, 0.29) is 37.5 Å². The van der Waals surface area contributed by atoms with E-state index >= 15 is 0 Å². The quantitative estimate of drug-likeness (QED) is 0.0263. The van der Waals surface area contributed by atoms with Gasteiger partial charge in [-0.05, 0) is 96.3 Å². The van der Waals surface area contributed by atoms with Gasteiger partial charge < -0.3 is 14.2 Å². The van der Waals surface area contributed by atoms with Crippen molar-refractivity contribution in [1.82, 2.24) is 0 Å². The molecule has 61 heavy (non-hydrogen) atoms. The lowest BCUT2D eigenvalue weighted by Crippen LogP contribution is -2.30. The highest BCUT2D eigenvalue weighted by molar-refractivity contribution is 5.71. The lowest BCUT2D eigenvalue weighted by atomic mass is 10.1. The topological polar surface area (TPSA) is 78.9 Å². The standard InChI is InChI=1S/C55H96O6/c1-4-7-10-13-16-19-22-24-26-27-28-29-31-33-36-39-42-45-48-54(57)60-51-52(50-59-53(56)47-44-41-38-35-32-21-18-15-12-9-6-3)61-55(58)49-46-43-40-37-34-30-25-23-20-17-14-11-8-5-2/h9,12,18,21,28-30,34-35,38,52H,4-8,10-11,13-17,19-20,22-27,31-33,36-37,39-51H2,1-3H3/b12-9-,21-18-,29-28-,34-30-,38-35-. The number of hydrogen-bond acceptors (Lipinski definition) is 6. The van der Waals surface area contributed by atoms with Crippen molar-refractivity contribution in [3.63, 3.8) is 0 Å². The molecular weight excluding hydrogens is 757 g/mol. The number of carbonyl (C=O) groups excluding carboxylic acids is 3. The summed E-state index contributed by atoms with van der Waals surface area (Å²) in [5, 5.41) is 0. The molecule has 0 aromatic rings. The van der Waals surface area contributed by atoms with Crippen LogP contribution in [0.2, 0.25) is 0 Å². The molecule has 0 aliphatic heterocycles. The molecule has 0 aromatic carbocycles. The van der Waals surface area contributed by atoms with Crippen molar-refractivity contribution in [3.8, 4) is 0 Å². The molecule has 0 amide bonds. The molecule has 0 heterocycles. The van der Waals surface area contributed by atoms with Gasteiger partial charge in [-0.1, -0.05) is 197 Å². The Labute approximate surface area is 377 Å². The van der Waals surface area contributed by atoms with Crippen LogP contribution in [0.4, 0.5) is 0 Å². The minimum atomic E-state index is -0.804. The molecule has 1 unspecified atom stereocenters. The highest BCUT2D eigenvalue weighted by Crippen LogP contribution is 2.14. The van der Waals surface area contributed by atoms with Gasteiger partial charge in [-0.3, -0.25) is 14.4 Å². The molecule has 0 rings (SSSR count). The van der Waals surface area contributed by atoms with Gasteiger partial charge in [0.25, 0.3) is 0 Å². The van der Waals surface area contributed by atoms with Crippen molar-refractivity contribution < 1.29 is 28.6 Å². The fourth-order valence-corrected chi connectivity index (χ4v) is 7.10. The predicted octanol–water partition coefficient (Wildman–Crippen LogP) is 16.9. The Kier molecular flexibility index (Phi) is 47.4. The summed E-state index contributed by atoms with van der Waals surface area (Å²) >= 11 is 0. The molecule has 0 aliphatic carbocycles. The summed E-state index contributed by atoms with van der Waals surface area (Å²) in [6, 6.07) is 0. The lowest BCUT2D eigenvalue weighted by molar-refractivity contribution is -0.167. The molecule has 0 bridgehead atoms. The van der Waals surface area contributed by atoms with Crippen LogP contribution < -0.4 is 0 Å². The molecule has 1 atom stereocenters. The molecule has 0 radical (unpaired) electrons. The van der Waals surface area contributed by atoms with E-state index in [1.165, 1.54) is 122 Å². The van der Waals surface area contributed by atoms with E-state index in [2.05, 4.69) is 81.5 Å². The normalized spacial score (nSPS) is 12.5. The monoisotopic (exact) mass is 853 g/mol. The molecule has 0 aromatic heterocycles. The van der Waals surface area contributed by atoms with Crippen LogP contribution in [0.5, 0.6) is 0 Å². The van der Waals surface area contributed by atoms with E-state index in [0.29, 0.717) is 19.3 Å². The van der Waals surface area contributed by atoms with Gasteiger partial charge in [0.2, 0.25) is 0 Å². The SMILES string of the molecule is CC/C=C\C/C=C\C/C=C\CCCC(=O)OCC(COC(=O)CCCCCCC/C=C\CCCCCCCCCCC)OC(=O)CCCCC/C=C\CCCCCCCCC.